The van der Waals surface area contributed by atoms with Crippen LogP contribution in [0.15, 0.2) is 30.5 Å². The first-order chi connectivity index (χ1) is 8.99. The fourth-order valence-electron chi connectivity index (χ4n) is 1.39. The summed E-state index contributed by atoms with van der Waals surface area (Å²) in [6.45, 7) is 0. The highest BCUT2D eigenvalue weighted by atomic mass is 19.2. The van der Waals surface area contributed by atoms with Crippen molar-refractivity contribution >= 4 is 11.6 Å². The van der Waals surface area contributed by atoms with Crippen LogP contribution in [0.3, 0.4) is 0 Å². The minimum absolute atomic E-state index is 0.122. The number of halogens is 2. The largest absolute Gasteiger partial charge is 0.435 e. The lowest BCUT2D eigenvalue weighted by atomic mass is 10.2. The molecule has 1 aromatic heterocycles. The van der Waals surface area contributed by atoms with E-state index in [1.807, 2.05) is 0 Å². The van der Waals surface area contributed by atoms with Gasteiger partial charge >= 0.3 is 0 Å². The van der Waals surface area contributed by atoms with Gasteiger partial charge in [0, 0.05) is 0 Å². The third-order valence-electron chi connectivity index (χ3n) is 2.26. The maximum absolute atomic E-state index is 13.4. The SMILES string of the molecule is NC(=O)c1cc(N)cnc1Oc1cccc(F)c1F. The minimum Gasteiger partial charge on any atom is -0.435 e. The molecule has 1 amide bonds. The summed E-state index contributed by atoms with van der Waals surface area (Å²) in [4.78, 5) is 14.9. The molecule has 0 aliphatic carbocycles. The number of pyridine rings is 1. The standard InChI is InChI=1S/C12H9F2N3O2/c13-8-2-1-3-9(10(8)14)19-12-7(11(16)18)4-6(15)5-17-12/h1-5H,15H2,(H2,16,18). The summed E-state index contributed by atoms with van der Waals surface area (Å²) in [6, 6.07) is 4.63. The van der Waals surface area contributed by atoms with E-state index in [4.69, 9.17) is 16.2 Å². The Morgan fingerprint density at radius 1 is 1.32 bits per heavy atom. The summed E-state index contributed by atoms with van der Waals surface area (Å²) in [5.41, 5.74) is 10.6. The Morgan fingerprint density at radius 3 is 2.74 bits per heavy atom. The molecule has 1 heterocycles. The number of nitrogens with zero attached hydrogens (tertiary/aromatic N) is 1. The van der Waals surface area contributed by atoms with Gasteiger partial charge in [-0.1, -0.05) is 6.07 Å². The van der Waals surface area contributed by atoms with Crippen molar-refractivity contribution in [3.8, 4) is 11.6 Å². The van der Waals surface area contributed by atoms with E-state index >= 15 is 0 Å². The molecule has 2 aromatic rings. The molecule has 1 aromatic carbocycles. The zero-order chi connectivity index (χ0) is 14.0. The Balaban J connectivity index is 2.44. The first-order valence-corrected chi connectivity index (χ1v) is 5.16. The van der Waals surface area contributed by atoms with E-state index in [0.29, 0.717) is 0 Å². The lowest BCUT2D eigenvalue weighted by Gasteiger charge is -2.09. The maximum Gasteiger partial charge on any atom is 0.254 e. The van der Waals surface area contributed by atoms with Crippen LogP contribution in [0.5, 0.6) is 11.6 Å². The van der Waals surface area contributed by atoms with Crippen molar-refractivity contribution in [2.45, 2.75) is 0 Å². The molecule has 0 radical (unpaired) electrons. The molecule has 0 bridgehead atoms. The first-order valence-electron chi connectivity index (χ1n) is 5.16. The number of carbonyl (C=O) groups excluding carboxylic acids is 1. The number of nitrogens with two attached hydrogens (primary N) is 2. The number of amides is 1. The zero-order valence-electron chi connectivity index (χ0n) is 9.56. The second-order valence-electron chi connectivity index (χ2n) is 3.64. The van der Waals surface area contributed by atoms with E-state index in [9.17, 15) is 13.6 Å². The second kappa shape index (κ2) is 4.89. The van der Waals surface area contributed by atoms with Crippen molar-refractivity contribution < 1.29 is 18.3 Å². The Morgan fingerprint density at radius 2 is 2.05 bits per heavy atom. The van der Waals surface area contributed by atoms with Gasteiger partial charge < -0.3 is 16.2 Å². The molecule has 98 valence electrons. The first kappa shape index (κ1) is 12.7. The van der Waals surface area contributed by atoms with E-state index in [2.05, 4.69) is 4.98 Å². The molecule has 0 aliphatic heterocycles. The number of nitrogen functional groups attached to an aromatic ring is 1. The van der Waals surface area contributed by atoms with Crippen molar-refractivity contribution in [1.29, 1.82) is 0 Å². The molecule has 0 aliphatic rings. The van der Waals surface area contributed by atoms with E-state index in [-0.39, 0.29) is 17.1 Å². The Labute approximate surface area is 106 Å². The lowest BCUT2D eigenvalue weighted by Crippen LogP contribution is -2.13. The second-order valence-corrected chi connectivity index (χ2v) is 3.64. The van der Waals surface area contributed by atoms with Gasteiger partial charge in [-0.2, -0.15) is 4.39 Å². The van der Waals surface area contributed by atoms with Gasteiger partial charge in [-0.3, -0.25) is 4.79 Å². The summed E-state index contributed by atoms with van der Waals surface area (Å²) in [5.74, 6) is -3.75. The van der Waals surface area contributed by atoms with Gasteiger partial charge in [-0.15, -0.1) is 0 Å². The molecule has 5 nitrogen and oxygen atoms in total. The average molecular weight is 265 g/mol. The molecule has 0 atom stereocenters. The third-order valence-corrected chi connectivity index (χ3v) is 2.26. The highest BCUT2D eigenvalue weighted by molar-refractivity contribution is 5.95. The third kappa shape index (κ3) is 2.59. The summed E-state index contributed by atoms with van der Waals surface area (Å²) >= 11 is 0. The molecule has 2 rings (SSSR count). The number of carbonyl (C=O) groups is 1. The van der Waals surface area contributed by atoms with Crippen LogP contribution in [-0.4, -0.2) is 10.9 Å². The number of benzene rings is 1. The molecule has 4 N–H and O–H groups in total. The van der Waals surface area contributed by atoms with Crippen molar-refractivity contribution in [1.82, 2.24) is 4.98 Å². The number of aromatic nitrogens is 1. The Bertz CT molecular complexity index is 647. The van der Waals surface area contributed by atoms with Crippen LogP contribution in [0.4, 0.5) is 14.5 Å². The van der Waals surface area contributed by atoms with Gasteiger partial charge in [0.1, 0.15) is 5.56 Å². The number of rotatable bonds is 3. The van der Waals surface area contributed by atoms with E-state index < -0.39 is 23.3 Å². The summed E-state index contributed by atoms with van der Waals surface area (Å²) in [7, 11) is 0. The van der Waals surface area contributed by atoms with Crippen LogP contribution < -0.4 is 16.2 Å². The highest BCUT2D eigenvalue weighted by Crippen LogP contribution is 2.27. The van der Waals surface area contributed by atoms with Gasteiger partial charge in [0.2, 0.25) is 11.7 Å². The number of hydrogen-bond donors (Lipinski definition) is 2. The van der Waals surface area contributed by atoms with Crippen LogP contribution in [0.2, 0.25) is 0 Å². The monoisotopic (exact) mass is 265 g/mol. The normalized spacial score (nSPS) is 10.2. The van der Waals surface area contributed by atoms with Crippen molar-refractivity contribution in [2.75, 3.05) is 5.73 Å². The Kier molecular flexibility index (Phi) is 3.28. The molecular formula is C12H9F2N3O2. The van der Waals surface area contributed by atoms with E-state index in [1.165, 1.54) is 24.4 Å². The molecule has 19 heavy (non-hydrogen) atoms. The van der Waals surface area contributed by atoms with Crippen LogP contribution in [0, 0.1) is 11.6 Å². The predicted molar refractivity (Wildman–Crippen MR) is 63.6 cm³/mol. The van der Waals surface area contributed by atoms with Crippen LogP contribution in [0.25, 0.3) is 0 Å². The van der Waals surface area contributed by atoms with Gasteiger partial charge in [0.25, 0.3) is 5.91 Å². The molecule has 0 fully saturated rings. The molecule has 0 spiro atoms. The number of anilines is 1. The van der Waals surface area contributed by atoms with Gasteiger partial charge in [0.15, 0.2) is 11.6 Å². The smallest absolute Gasteiger partial charge is 0.254 e. The topological polar surface area (TPSA) is 91.2 Å². The summed E-state index contributed by atoms with van der Waals surface area (Å²) in [5, 5.41) is 0. The predicted octanol–water partition coefficient (Wildman–Crippen LogP) is 1.83. The number of primary amides is 1. The average Bonchev–Trinajstić information content (AvgIpc) is 2.36. The molecule has 0 saturated carbocycles. The molecule has 0 unspecified atom stereocenters. The fourth-order valence-corrected chi connectivity index (χ4v) is 1.39. The van der Waals surface area contributed by atoms with Crippen molar-refractivity contribution in [3.63, 3.8) is 0 Å². The highest BCUT2D eigenvalue weighted by Gasteiger charge is 2.16. The van der Waals surface area contributed by atoms with Crippen molar-refractivity contribution in [3.05, 3.63) is 47.7 Å². The minimum atomic E-state index is -1.18. The summed E-state index contributed by atoms with van der Waals surface area (Å²) in [6.07, 6.45) is 1.21. The summed E-state index contributed by atoms with van der Waals surface area (Å²) < 4.78 is 31.5. The van der Waals surface area contributed by atoms with Crippen molar-refractivity contribution in [2.24, 2.45) is 5.73 Å². The van der Waals surface area contributed by atoms with Gasteiger partial charge in [0.05, 0.1) is 11.9 Å². The number of ether oxygens (including phenoxy) is 1. The fraction of sp³-hybridized carbons (Fsp3) is 0. The zero-order valence-corrected chi connectivity index (χ0v) is 9.56. The van der Waals surface area contributed by atoms with E-state index in [0.717, 1.165) is 6.07 Å². The lowest BCUT2D eigenvalue weighted by molar-refractivity contribution is 0.0997. The molecule has 0 saturated heterocycles. The quantitative estimate of drug-likeness (QED) is 0.885. The molecular weight excluding hydrogens is 256 g/mol. The van der Waals surface area contributed by atoms with Crippen LogP contribution >= 0.6 is 0 Å². The van der Waals surface area contributed by atoms with E-state index in [1.54, 1.807) is 0 Å². The maximum atomic E-state index is 13.4. The van der Waals surface area contributed by atoms with Gasteiger partial charge in [-0.25, -0.2) is 9.37 Å². The molecule has 7 heteroatoms. The van der Waals surface area contributed by atoms with Crippen LogP contribution in [0.1, 0.15) is 10.4 Å². The van der Waals surface area contributed by atoms with Crippen LogP contribution in [-0.2, 0) is 0 Å². The van der Waals surface area contributed by atoms with Gasteiger partial charge in [-0.05, 0) is 18.2 Å². The number of hydrogen-bond acceptors (Lipinski definition) is 4. The Hall–Kier alpha value is -2.70.